The number of carboxylic acids is 1. The Balaban J connectivity index is 2.08. The number of hydrogen-bond acceptors (Lipinski definition) is 3. The number of rotatable bonds is 5. The van der Waals surface area contributed by atoms with E-state index in [1.165, 1.54) is 6.07 Å². The Labute approximate surface area is 143 Å². The molecular formula is C13H14Br2N2O3S. The van der Waals surface area contributed by atoms with Gasteiger partial charge in [0.05, 0.1) is 11.3 Å². The highest BCUT2D eigenvalue weighted by molar-refractivity contribution is 9.11. The van der Waals surface area contributed by atoms with Crippen molar-refractivity contribution in [3.63, 3.8) is 0 Å². The number of anilines is 1. The molecule has 1 aromatic rings. The van der Waals surface area contributed by atoms with Crippen LogP contribution in [0, 0.1) is 0 Å². The third-order valence-electron chi connectivity index (χ3n) is 3.34. The smallest absolute Gasteiger partial charge is 0.337 e. The van der Waals surface area contributed by atoms with E-state index >= 15 is 0 Å². The number of urea groups is 1. The van der Waals surface area contributed by atoms with Gasteiger partial charge < -0.3 is 15.7 Å². The highest BCUT2D eigenvalue weighted by Gasteiger charge is 2.41. The van der Waals surface area contributed by atoms with Crippen molar-refractivity contribution >= 4 is 61.3 Å². The molecule has 0 saturated heterocycles. The lowest BCUT2D eigenvalue weighted by Gasteiger charge is -2.15. The summed E-state index contributed by atoms with van der Waals surface area (Å²) in [4.78, 5) is 23.2. The van der Waals surface area contributed by atoms with Crippen LogP contribution in [-0.2, 0) is 0 Å². The maximum atomic E-state index is 12.0. The lowest BCUT2D eigenvalue weighted by molar-refractivity contribution is 0.0698. The van der Waals surface area contributed by atoms with Crippen LogP contribution in [0.1, 0.15) is 23.2 Å². The summed E-state index contributed by atoms with van der Waals surface area (Å²) in [6, 6.07) is 2.74. The molecule has 1 aromatic carbocycles. The molecule has 0 aromatic heterocycles. The third kappa shape index (κ3) is 4.14. The van der Waals surface area contributed by atoms with Gasteiger partial charge in [-0.2, -0.15) is 11.8 Å². The number of hydrogen-bond donors (Lipinski definition) is 3. The Morgan fingerprint density at radius 2 is 2.05 bits per heavy atom. The number of carbonyl (C=O) groups is 2. The van der Waals surface area contributed by atoms with Crippen LogP contribution >= 0.6 is 43.6 Å². The summed E-state index contributed by atoms with van der Waals surface area (Å²) in [5.41, 5.74) is 0.273. The highest BCUT2D eigenvalue weighted by Crippen LogP contribution is 2.46. The van der Waals surface area contributed by atoms with Crippen LogP contribution in [-0.4, -0.2) is 34.7 Å². The number of carboxylic acid groups (broad SMARTS) is 1. The largest absolute Gasteiger partial charge is 0.478 e. The number of carbonyl (C=O) groups excluding carboxylic acids is 1. The molecule has 5 nitrogen and oxygen atoms in total. The SMILES string of the molecule is CSC1(CNC(=O)Nc2c(Br)cc(Br)cc2C(=O)O)CC1. The molecule has 0 unspecified atom stereocenters. The maximum absolute atomic E-state index is 12.0. The first-order chi connectivity index (χ1) is 9.87. The number of amides is 2. The summed E-state index contributed by atoms with van der Waals surface area (Å²) in [7, 11) is 0. The standard InChI is InChI=1S/C13H14Br2N2O3S/c1-21-13(2-3-13)6-16-12(20)17-10-8(11(18)19)4-7(14)5-9(10)15/h4-5H,2-3,6H2,1H3,(H,18,19)(H2,16,17,20). The van der Waals surface area contributed by atoms with Gasteiger partial charge >= 0.3 is 12.0 Å². The molecule has 2 rings (SSSR count). The second-order valence-corrected chi connectivity index (χ2v) is 7.85. The van der Waals surface area contributed by atoms with Crippen molar-refractivity contribution in [1.29, 1.82) is 0 Å². The fourth-order valence-electron chi connectivity index (χ4n) is 1.86. The molecule has 0 spiro atoms. The molecule has 1 aliphatic rings. The van der Waals surface area contributed by atoms with Crippen molar-refractivity contribution in [3.05, 3.63) is 26.6 Å². The van der Waals surface area contributed by atoms with Gasteiger partial charge in [0.25, 0.3) is 0 Å². The Morgan fingerprint density at radius 1 is 1.38 bits per heavy atom. The Morgan fingerprint density at radius 3 is 2.57 bits per heavy atom. The molecule has 21 heavy (non-hydrogen) atoms. The first-order valence-electron chi connectivity index (χ1n) is 6.19. The summed E-state index contributed by atoms with van der Waals surface area (Å²) in [5.74, 6) is -1.10. The molecule has 3 N–H and O–H groups in total. The van der Waals surface area contributed by atoms with Gasteiger partial charge in [0.2, 0.25) is 0 Å². The summed E-state index contributed by atoms with van der Waals surface area (Å²) in [6.07, 6.45) is 4.22. The number of thioether (sulfide) groups is 1. The van der Waals surface area contributed by atoms with E-state index in [1.807, 2.05) is 6.26 Å². The van der Waals surface area contributed by atoms with Crippen LogP contribution in [0.2, 0.25) is 0 Å². The quantitative estimate of drug-likeness (QED) is 0.652. The molecule has 0 radical (unpaired) electrons. The fraction of sp³-hybridized carbons (Fsp3) is 0.385. The van der Waals surface area contributed by atoms with E-state index in [4.69, 9.17) is 0 Å². The van der Waals surface area contributed by atoms with Gasteiger partial charge in [0.1, 0.15) is 0 Å². The van der Waals surface area contributed by atoms with Crippen LogP contribution in [0.5, 0.6) is 0 Å². The number of halogens is 2. The molecule has 2 amide bonds. The predicted molar refractivity (Wildman–Crippen MR) is 91.3 cm³/mol. The minimum atomic E-state index is -1.10. The van der Waals surface area contributed by atoms with Gasteiger partial charge in [-0.3, -0.25) is 0 Å². The van der Waals surface area contributed by atoms with Crippen molar-refractivity contribution in [1.82, 2.24) is 5.32 Å². The molecule has 0 heterocycles. The molecule has 114 valence electrons. The van der Waals surface area contributed by atoms with Crippen molar-refractivity contribution in [2.75, 3.05) is 18.1 Å². The second kappa shape index (κ2) is 6.58. The van der Waals surface area contributed by atoms with Gasteiger partial charge in [-0.25, -0.2) is 9.59 Å². The van der Waals surface area contributed by atoms with Gasteiger partial charge in [0.15, 0.2) is 0 Å². The van der Waals surface area contributed by atoms with E-state index in [-0.39, 0.29) is 16.0 Å². The van der Waals surface area contributed by atoms with Gasteiger partial charge in [0, 0.05) is 20.2 Å². The van der Waals surface area contributed by atoms with Gasteiger partial charge in [-0.1, -0.05) is 15.9 Å². The topological polar surface area (TPSA) is 78.4 Å². The van der Waals surface area contributed by atoms with E-state index in [2.05, 4.69) is 42.5 Å². The summed E-state index contributed by atoms with van der Waals surface area (Å²) in [6.45, 7) is 0.580. The number of benzene rings is 1. The molecule has 1 fully saturated rings. The fourth-order valence-corrected chi connectivity index (χ4v) is 3.91. The number of nitrogens with one attached hydrogen (secondary N) is 2. The molecule has 8 heteroatoms. The lowest BCUT2D eigenvalue weighted by Crippen LogP contribution is -2.35. The van der Waals surface area contributed by atoms with Crippen molar-refractivity contribution in [3.8, 4) is 0 Å². The van der Waals surface area contributed by atoms with E-state index in [1.54, 1.807) is 17.8 Å². The first kappa shape index (κ1) is 16.6. The predicted octanol–water partition coefficient (Wildman–Crippen LogP) is 3.93. The normalized spacial score (nSPS) is 15.4. The third-order valence-corrected chi connectivity index (χ3v) is 5.84. The van der Waals surface area contributed by atoms with Crippen LogP contribution in [0.15, 0.2) is 21.1 Å². The minimum absolute atomic E-state index is 0.0254. The van der Waals surface area contributed by atoms with Crippen LogP contribution in [0.4, 0.5) is 10.5 Å². The minimum Gasteiger partial charge on any atom is -0.478 e. The summed E-state index contributed by atoms with van der Waals surface area (Å²) < 4.78 is 1.29. The van der Waals surface area contributed by atoms with E-state index in [0.717, 1.165) is 12.8 Å². The monoisotopic (exact) mass is 436 g/mol. The molecular weight excluding hydrogens is 424 g/mol. The van der Waals surface area contributed by atoms with Crippen molar-refractivity contribution in [2.45, 2.75) is 17.6 Å². The van der Waals surface area contributed by atoms with Crippen molar-refractivity contribution in [2.24, 2.45) is 0 Å². The molecule has 1 saturated carbocycles. The summed E-state index contributed by atoms with van der Waals surface area (Å²) >= 11 is 8.25. The van der Waals surface area contributed by atoms with E-state index in [9.17, 15) is 14.7 Å². The zero-order valence-electron chi connectivity index (χ0n) is 11.2. The molecule has 0 atom stereocenters. The zero-order chi connectivity index (χ0) is 15.6. The van der Waals surface area contributed by atoms with Gasteiger partial charge in [-0.05, 0) is 47.2 Å². The average Bonchev–Trinajstić information content (AvgIpc) is 3.19. The van der Waals surface area contributed by atoms with Crippen LogP contribution in [0.3, 0.4) is 0 Å². The lowest BCUT2D eigenvalue weighted by atomic mass is 10.2. The van der Waals surface area contributed by atoms with Crippen molar-refractivity contribution < 1.29 is 14.7 Å². The Hall–Kier alpha value is -0.730. The molecule has 0 aliphatic heterocycles. The summed E-state index contributed by atoms with van der Waals surface area (Å²) in [5, 5.41) is 14.6. The Bertz CT molecular complexity index is 591. The van der Waals surface area contributed by atoms with E-state index < -0.39 is 12.0 Å². The molecule has 1 aliphatic carbocycles. The maximum Gasteiger partial charge on any atom is 0.337 e. The van der Waals surface area contributed by atoms with Gasteiger partial charge in [-0.15, -0.1) is 0 Å². The average molecular weight is 438 g/mol. The first-order valence-corrected chi connectivity index (χ1v) is 9.00. The molecule has 0 bridgehead atoms. The van der Waals surface area contributed by atoms with E-state index in [0.29, 0.717) is 15.5 Å². The Kier molecular flexibility index (Phi) is 5.21. The highest BCUT2D eigenvalue weighted by atomic mass is 79.9. The second-order valence-electron chi connectivity index (χ2n) is 4.81. The number of aromatic carboxylic acids is 1. The van der Waals surface area contributed by atoms with Crippen LogP contribution < -0.4 is 10.6 Å². The van der Waals surface area contributed by atoms with Crippen LogP contribution in [0.25, 0.3) is 0 Å². The zero-order valence-corrected chi connectivity index (χ0v) is 15.2.